The molecule has 1 amide bonds. The number of carbonyl (C=O) groups is 1. The molecule has 10 nitrogen and oxygen atoms in total. The number of phenolic OH excluding ortho intramolecular Hbond substituents is 1. The van der Waals surface area contributed by atoms with Crippen molar-refractivity contribution < 1.29 is 33.3 Å². The molecule has 1 saturated heterocycles. The van der Waals surface area contributed by atoms with E-state index in [0.717, 1.165) is 5.56 Å². The van der Waals surface area contributed by atoms with Crippen LogP contribution in [0.5, 0.6) is 28.7 Å². The fraction of sp³-hybridized carbons (Fsp3) is 0.192. The number of hydrogen-bond acceptors (Lipinski definition) is 10. The van der Waals surface area contributed by atoms with Crippen molar-refractivity contribution in [2.24, 2.45) is 10.2 Å². The maximum atomic E-state index is 13.3. The molecule has 1 N–H and O–H groups in total. The molecule has 37 heavy (non-hydrogen) atoms. The number of ether oxygens (including phenoxy) is 4. The molecule has 0 radical (unpaired) electrons. The minimum Gasteiger partial charge on any atom is -0.502 e. The van der Waals surface area contributed by atoms with E-state index in [1.165, 1.54) is 37.1 Å². The van der Waals surface area contributed by atoms with Gasteiger partial charge in [0.05, 0.1) is 52.4 Å². The van der Waals surface area contributed by atoms with E-state index in [-0.39, 0.29) is 29.7 Å². The zero-order valence-electron chi connectivity index (χ0n) is 20.6. The largest absolute Gasteiger partial charge is 0.502 e. The molecule has 0 saturated carbocycles. The predicted octanol–water partition coefficient (Wildman–Crippen LogP) is 4.53. The van der Waals surface area contributed by atoms with Crippen molar-refractivity contribution in [1.82, 2.24) is 4.90 Å². The second kappa shape index (κ2) is 11.6. The minimum atomic E-state index is -0.238. The van der Waals surface area contributed by atoms with Crippen LogP contribution in [0, 0.1) is 0 Å². The average molecular weight is 524 g/mol. The molecular weight excluding hydrogens is 498 g/mol. The number of nitrogens with zero attached hydrogens (tertiary/aromatic N) is 3. The molecule has 4 rings (SSSR count). The van der Waals surface area contributed by atoms with Crippen molar-refractivity contribution in [1.29, 1.82) is 0 Å². The lowest BCUT2D eigenvalue weighted by molar-refractivity contribution is -0.122. The van der Waals surface area contributed by atoms with Crippen LogP contribution in [0.3, 0.4) is 0 Å². The third-order valence-corrected chi connectivity index (χ3v) is 6.34. The van der Waals surface area contributed by atoms with Crippen LogP contribution in [-0.4, -0.2) is 55.7 Å². The van der Waals surface area contributed by atoms with Crippen molar-refractivity contribution >= 4 is 35.1 Å². The van der Waals surface area contributed by atoms with Crippen LogP contribution in [-0.2, 0) is 11.3 Å². The van der Waals surface area contributed by atoms with Crippen LogP contribution in [0.25, 0.3) is 6.08 Å². The molecule has 2 heterocycles. The lowest BCUT2D eigenvalue weighted by atomic mass is 10.2. The standard InChI is InChI=1S/C26H25N3O7S/c1-32-19-8-7-16(10-20(19)33-2)13-23-25(31)29(15-18-6-5-9-36-18)26(37-23)28-27-14-17-11-21(34-3)24(30)22(12-17)35-4/h5-14,30H,15H2,1-4H3/b23-13-,27-14-,28-26+. The summed E-state index contributed by atoms with van der Waals surface area (Å²) in [5, 5.41) is 19.0. The van der Waals surface area contributed by atoms with E-state index in [1.54, 1.807) is 63.0 Å². The monoisotopic (exact) mass is 523 g/mol. The second-order valence-electron chi connectivity index (χ2n) is 7.60. The van der Waals surface area contributed by atoms with Gasteiger partial charge in [0, 0.05) is 5.56 Å². The van der Waals surface area contributed by atoms with Crippen LogP contribution in [0.1, 0.15) is 16.9 Å². The third-order valence-electron chi connectivity index (χ3n) is 5.34. The first kappa shape index (κ1) is 25.7. The van der Waals surface area contributed by atoms with E-state index >= 15 is 0 Å². The molecule has 1 aliphatic heterocycles. The highest BCUT2D eigenvalue weighted by Crippen LogP contribution is 2.37. The van der Waals surface area contributed by atoms with Gasteiger partial charge in [-0.25, -0.2) is 0 Å². The third kappa shape index (κ3) is 5.72. The number of benzene rings is 2. The van der Waals surface area contributed by atoms with Gasteiger partial charge in [-0.3, -0.25) is 9.69 Å². The Hall–Kier alpha value is -4.38. The van der Waals surface area contributed by atoms with E-state index in [9.17, 15) is 9.90 Å². The molecule has 0 atom stereocenters. The number of methoxy groups -OCH3 is 4. The first-order valence-corrected chi connectivity index (χ1v) is 11.8. The summed E-state index contributed by atoms with van der Waals surface area (Å²) in [6, 6.07) is 12.1. The molecule has 1 aromatic heterocycles. The van der Waals surface area contributed by atoms with Crippen molar-refractivity contribution in [2.75, 3.05) is 28.4 Å². The van der Waals surface area contributed by atoms with Gasteiger partial charge in [-0.2, -0.15) is 5.10 Å². The van der Waals surface area contributed by atoms with E-state index < -0.39 is 0 Å². The summed E-state index contributed by atoms with van der Waals surface area (Å²) in [5.41, 5.74) is 1.35. The highest BCUT2D eigenvalue weighted by Gasteiger charge is 2.34. The number of phenols is 1. The van der Waals surface area contributed by atoms with Gasteiger partial charge in [-0.05, 0) is 59.8 Å². The van der Waals surface area contributed by atoms with Crippen LogP contribution < -0.4 is 18.9 Å². The number of carbonyl (C=O) groups excluding carboxylic acids is 1. The lowest BCUT2D eigenvalue weighted by Gasteiger charge is -2.12. The molecule has 2 aromatic carbocycles. The van der Waals surface area contributed by atoms with Gasteiger partial charge in [0.2, 0.25) is 5.75 Å². The second-order valence-corrected chi connectivity index (χ2v) is 8.61. The molecule has 0 spiro atoms. The Morgan fingerprint density at radius 2 is 1.62 bits per heavy atom. The zero-order chi connectivity index (χ0) is 26.4. The van der Waals surface area contributed by atoms with Crippen molar-refractivity contribution in [3.05, 3.63) is 70.5 Å². The highest BCUT2D eigenvalue weighted by atomic mass is 32.2. The van der Waals surface area contributed by atoms with Crippen molar-refractivity contribution in [3.63, 3.8) is 0 Å². The average Bonchev–Trinajstić information content (AvgIpc) is 3.53. The summed E-state index contributed by atoms with van der Waals surface area (Å²) in [4.78, 5) is 15.3. The van der Waals surface area contributed by atoms with Crippen LogP contribution >= 0.6 is 11.8 Å². The fourth-order valence-electron chi connectivity index (χ4n) is 3.51. The molecule has 1 fully saturated rings. The van der Waals surface area contributed by atoms with Gasteiger partial charge >= 0.3 is 0 Å². The van der Waals surface area contributed by atoms with Gasteiger partial charge < -0.3 is 28.5 Å². The molecule has 1 aliphatic rings. The molecule has 3 aromatic rings. The van der Waals surface area contributed by atoms with Gasteiger partial charge in [0.1, 0.15) is 5.76 Å². The van der Waals surface area contributed by atoms with Crippen LogP contribution in [0.2, 0.25) is 0 Å². The number of thioether (sulfide) groups is 1. The molecular formula is C26H25N3O7S. The summed E-state index contributed by atoms with van der Waals surface area (Å²) in [5.74, 6) is 1.87. The quantitative estimate of drug-likeness (QED) is 0.247. The topological polar surface area (TPSA) is 115 Å². The molecule has 0 bridgehead atoms. The smallest absolute Gasteiger partial charge is 0.267 e. The van der Waals surface area contributed by atoms with Gasteiger partial charge in [0.25, 0.3) is 5.91 Å². The van der Waals surface area contributed by atoms with Gasteiger partial charge in [-0.1, -0.05) is 6.07 Å². The maximum absolute atomic E-state index is 13.3. The molecule has 11 heteroatoms. The number of rotatable bonds is 9. The highest BCUT2D eigenvalue weighted by molar-refractivity contribution is 8.18. The summed E-state index contributed by atoms with van der Waals surface area (Å²) < 4.78 is 26.5. The number of amides is 1. The number of furan rings is 1. The van der Waals surface area contributed by atoms with Crippen molar-refractivity contribution in [2.45, 2.75) is 6.54 Å². The van der Waals surface area contributed by atoms with Gasteiger partial charge in [0.15, 0.2) is 28.2 Å². The van der Waals surface area contributed by atoms with Gasteiger partial charge in [-0.15, -0.1) is 5.10 Å². The molecule has 192 valence electrons. The molecule has 0 aliphatic carbocycles. The first-order chi connectivity index (χ1) is 18.0. The van der Waals surface area contributed by atoms with Crippen molar-refractivity contribution in [3.8, 4) is 28.7 Å². The summed E-state index contributed by atoms with van der Waals surface area (Å²) in [6.45, 7) is 0.192. The van der Waals surface area contributed by atoms with Crippen LogP contribution in [0.4, 0.5) is 0 Å². The Morgan fingerprint density at radius 1 is 0.946 bits per heavy atom. The first-order valence-electron chi connectivity index (χ1n) is 11.0. The molecule has 0 unspecified atom stereocenters. The predicted molar refractivity (Wildman–Crippen MR) is 141 cm³/mol. The summed E-state index contributed by atoms with van der Waals surface area (Å²) in [7, 11) is 5.99. The van der Waals surface area contributed by atoms with Crippen LogP contribution in [0.15, 0.2) is 68.3 Å². The Morgan fingerprint density at radius 3 is 2.24 bits per heavy atom. The SMILES string of the molecule is COc1ccc(/C=C2\S/C(=N/N=C\c3cc(OC)c(O)c(OC)c3)N(Cc3ccco3)C2=O)cc1OC. The van der Waals surface area contributed by atoms with E-state index in [1.807, 2.05) is 6.07 Å². The summed E-state index contributed by atoms with van der Waals surface area (Å²) >= 11 is 1.19. The Kier molecular flexibility index (Phi) is 8.04. The number of hydrogen-bond donors (Lipinski definition) is 1. The Labute approximate surface area is 217 Å². The number of amidine groups is 1. The maximum Gasteiger partial charge on any atom is 0.267 e. The summed E-state index contributed by atoms with van der Waals surface area (Å²) in [6.07, 6.45) is 4.78. The normalized spacial score (nSPS) is 15.7. The zero-order valence-corrected chi connectivity index (χ0v) is 21.4. The Balaban J connectivity index is 1.65. The van der Waals surface area contributed by atoms with E-state index in [4.69, 9.17) is 23.4 Å². The number of aromatic hydroxyl groups is 1. The lowest BCUT2D eigenvalue weighted by Crippen LogP contribution is -2.28. The Bertz CT molecular complexity index is 1340. The minimum absolute atomic E-state index is 0.111. The van der Waals surface area contributed by atoms with E-state index in [0.29, 0.717) is 32.9 Å². The van der Waals surface area contributed by atoms with E-state index in [2.05, 4.69) is 10.2 Å². The fourth-order valence-corrected chi connectivity index (χ4v) is 4.44.